The van der Waals surface area contributed by atoms with Gasteiger partial charge in [-0.2, -0.15) is 0 Å². The van der Waals surface area contributed by atoms with E-state index in [9.17, 15) is 4.79 Å². The number of nitrogens with one attached hydrogen (secondary N) is 1. The highest BCUT2D eigenvalue weighted by molar-refractivity contribution is 7.17. The van der Waals surface area contributed by atoms with Gasteiger partial charge in [0, 0.05) is 7.05 Å². The van der Waals surface area contributed by atoms with Crippen LogP contribution in [0.3, 0.4) is 0 Å². The van der Waals surface area contributed by atoms with Crippen molar-refractivity contribution in [3.63, 3.8) is 0 Å². The van der Waals surface area contributed by atoms with E-state index < -0.39 is 0 Å². The fourth-order valence-electron chi connectivity index (χ4n) is 2.71. The molecule has 1 aliphatic rings. The summed E-state index contributed by atoms with van der Waals surface area (Å²) in [6.07, 6.45) is -0.171. The third kappa shape index (κ3) is 2.66. The van der Waals surface area contributed by atoms with Crippen LogP contribution in [0.25, 0.3) is 10.2 Å². The number of aromatic amines is 1. The van der Waals surface area contributed by atoms with Crippen molar-refractivity contribution in [3.05, 3.63) is 47.5 Å². The Balaban J connectivity index is 1.44. The van der Waals surface area contributed by atoms with Crippen LogP contribution < -0.4 is 9.47 Å². The Labute approximate surface area is 137 Å². The molecule has 6 heteroatoms. The summed E-state index contributed by atoms with van der Waals surface area (Å²) in [6.45, 7) is 0.911. The van der Waals surface area contributed by atoms with E-state index in [0.717, 1.165) is 21.7 Å². The quantitative estimate of drug-likeness (QED) is 0.803. The lowest BCUT2D eigenvalue weighted by atomic mass is 10.2. The van der Waals surface area contributed by atoms with Gasteiger partial charge in [0.1, 0.15) is 12.3 Å². The molecule has 1 N–H and O–H groups in total. The van der Waals surface area contributed by atoms with Gasteiger partial charge in [-0.05, 0) is 29.6 Å². The number of benzene rings is 1. The maximum Gasteiger partial charge on any atom is 0.270 e. The predicted molar refractivity (Wildman–Crippen MR) is 89.5 cm³/mol. The van der Waals surface area contributed by atoms with E-state index in [2.05, 4.69) is 4.98 Å². The van der Waals surface area contributed by atoms with E-state index >= 15 is 0 Å². The molecule has 0 fully saturated rings. The number of likely N-dealkylation sites (N-methyl/N-ethyl adjacent to an activating group) is 1. The number of nitrogens with zero attached hydrogens (tertiary/aromatic N) is 1. The minimum atomic E-state index is -0.171. The van der Waals surface area contributed by atoms with Gasteiger partial charge in [-0.1, -0.05) is 12.1 Å². The molecular weight excluding hydrogens is 312 g/mol. The first kappa shape index (κ1) is 14.1. The van der Waals surface area contributed by atoms with Crippen molar-refractivity contribution in [2.24, 2.45) is 0 Å². The minimum absolute atomic E-state index is 0.0455. The number of H-pyrrole nitrogens is 1. The van der Waals surface area contributed by atoms with Gasteiger partial charge >= 0.3 is 0 Å². The van der Waals surface area contributed by atoms with E-state index in [1.807, 2.05) is 41.8 Å². The fraction of sp³-hybridized carbons (Fsp3) is 0.235. The number of thiophene rings is 1. The highest BCUT2D eigenvalue weighted by atomic mass is 32.1. The number of carbonyl (C=O) groups excluding carboxylic acids is 1. The number of hydrogen-bond donors (Lipinski definition) is 1. The van der Waals surface area contributed by atoms with Crippen LogP contribution in [0.15, 0.2) is 41.8 Å². The van der Waals surface area contributed by atoms with Crippen molar-refractivity contribution in [1.82, 2.24) is 9.88 Å². The molecular formula is C17H16N2O3S. The van der Waals surface area contributed by atoms with Gasteiger partial charge in [0.15, 0.2) is 17.6 Å². The van der Waals surface area contributed by atoms with Gasteiger partial charge in [0.2, 0.25) is 0 Å². The first-order valence-electron chi connectivity index (χ1n) is 7.41. The predicted octanol–water partition coefficient (Wildman–Crippen LogP) is 3.14. The van der Waals surface area contributed by atoms with Gasteiger partial charge in [-0.15, -0.1) is 11.3 Å². The Kier molecular flexibility index (Phi) is 3.46. The van der Waals surface area contributed by atoms with Crippen LogP contribution in [0.1, 0.15) is 10.5 Å². The lowest BCUT2D eigenvalue weighted by Crippen LogP contribution is -2.41. The molecule has 1 aliphatic heterocycles. The number of carbonyl (C=O) groups is 1. The maximum absolute atomic E-state index is 12.5. The van der Waals surface area contributed by atoms with E-state index in [4.69, 9.17) is 9.47 Å². The topological polar surface area (TPSA) is 54.6 Å². The van der Waals surface area contributed by atoms with Gasteiger partial charge < -0.3 is 19.4 Å². The highest BCUT2D eigenvalue weighted by Crippen LogP contribution is 2.31. The molecule has 3 heterocycles. The van der Waals surface area contributed by atoms with Crippen molar-refractivity contribution in [1.29, 1.82) is 0 Å². The molecule has 4 rings (SSSR count). The van der Waals surface area contributed by atoms with Crippen molar-refractivity contribution in [2.75, 3.05) is 20.2 Å². The van der Waals surface area contributed by atoms with Crippen LogP contribution in [0, 0.1) is 0 Å². The van der Waals surface area contributed by atoms with Gasteiger partial charge in [-0.25, -0.2) is 0 Å². The highest BCUT2D eigenvalue weighted by Gasteiger charge is 2.24. The first-order valence-corrected chi connectivity index (χ1v) is 8.29. The molecule has 23 heavy (non-hydrogen) atoms. The number of para-hydroxylation sites is 2. The maximum atomic E-state index is 12.5. The molecule has 0 unspecified atom stereocenters. The lowest BCUT2D eigenvalue weighted by molar-refractivity contribution is 0.0518. The smallest absolute Gasteiger partial charge is 0.270 e. The summed E-state index contributed by atoms with van der Waals surface area (Å²) < 4.78 is 12.7. The average Bonchev–Trinajstić information content (AvgIpc) is 3.15. The molecule has 0 bridgehead atoms. The number of ether oxygens (including phenoxy) is 2. The monoisotopic (exact) mass is 328 g/mol. The summed E-state index contributed by atoms with van der Waals surface area (Å²) in [5.41, 5.74) is 1.60. The van der Waals surface area contributed by atoms with Crippen LogP contribution in [-0.4, -0.2) is 42.1 Å². The molecule has 0 radical (unpaired) electrons. The zero-order valence-corrected chi connectivity index (χ0v) is 13.4. The third-order valence-corrected chi connectivity index (χ3v) is 4.73. The van der Waals surface area contributed by atoms with Crippen LogP contribution in [0.4, 0.5) is 0 Å². The second kappa shape index (κ2) is 5.62. The third-order valence-electron chi connectivity index (χ3n) is 3.86. The lowest BCUT2D eigenvalue weighted by Gasteiger charge is -2.29. The van der Waals surface area contributed by atoms with Crippen molar-refractivity contribution in [3.8, 4) is 11.5 Å². The molecule has 1 atom stereocenters. The molecule has 0 saturated carbocycles. The number of aromatic nitrogens is 1. The summed E-state index contributed by atoms with van der Waals surface area (Å²) in [7, 11) is 1.78. The van der Waals surface area contributed by atoms with E-state index in [-0.39, 0.29) is 12.0 Å². The van der Waals surface area contributed by atoms with E-state index in [0.29, 0.717) is 18.8 Å². The van der Waals surface area contributed by atoms with Gasteiger partial charge in [-0.3, -0.25) is 4.79 Å². The van der Waals surface area contributed by atoms with Crippen LogP contribution in [0.2, 0.25) is 0 Å². The molecule has 1 aromatic carbocycles. The summed E-state index contributed by atoms with van der Waals surface area (Å²) in [5.74, 6) is 1.43. The Morgan fingerprint density at radius 2 is 2.17 bits per heavy atom. The van der Waals surface area contributed by atoms with E-state index in [1.54, 1.807) is 23.3 Å². The van der Waals surface area contributed by atoms with E-state index in [1.165, 1.54) is 0 Å². The Bertz CT molecular complexity index is 826. The number of rotatable bonds is 3. The Hall–Kier alpha value is -2.47. The second-order valence-electron chi connectivity index (χ2n) is 5.56. The van der Waals surface area contributed by atoms with Crippen LogP contribution >= 0.6 is 11.3 Å². The van der Waals surface area contributed by atoms with Gasteiger partial charge in [0.25, 0.3) is 5.91 Å². The van der Waals surface area contributed by atoms with Crippen LogP contribution in [0.5, 0.6) is 11.5 Å². The molecule has 5 nitrogen and oxygen atoms in total. The standard InChI is InChI=1S/C17H16N2O3S/c1-19(17(20)13-8-16-12(18-13)6-7-23-16)9-11-10-21-14-4-2-3-5-15(14)22-11/h2-8,11,18H,9-10H2,1H3/t11-/m0/s1. The summed E-state index contributed by atoms with van der Waals surface area (Å²) >= 11 is 1.62. The molecule has 2 aromatic heterocycles. The second-order valence-corrected chi connectivity index (χ2v) is 6.51. The summed E-state index contributed by atoms with van der Waals surface area (Å²) in [6, 6.07) is 11.5. The Morgan fingerprint density at radius 1 is 1.35 bits per heavy atom. The minimum Gasteiger partial charge on any atom is -0.486 e. The zero-order chi connectivity index (χ0) is 15.8. The molecule has 3 aromatic rings. The van der Waals surface area contributed by atoms with Crippen molar-refractivity contribution >= 4 is 27.5 Å². The average molecular weight is 328 g/mol. The molecule has 1 amide bonds. The van der Waals surface area contributed by atoms with Crippen LogP contribution in [-0.2, 0) is 0 Å². The number of fused-ring (bicyclic) bond motifs is 2. The first-order chi connectivity index (χ1) is 11.2. The van der Waals surface area contributed by atoms with Crippen molar-refractivity contribution in [2.45, 2.75) is 6.10 Å². The largest absolute Gasteiger partial charge is 0.486 e. The zero-order valence-electron chi connectivity index (χ0n) is 12.6. The molecule has 0 aliphatic carbocycles. The van der Waals surface area contributed by atoms with Crippen molar-refractivity contribution < 1.29 is 14.3 Å². The molecule has 0 saturated heterocycles. The normalized spacial score (nSPS) is 16.5. The fourth-order valence-corrected chi connectivity index (χ4v) is 3.49. The Morgan fingerprint density at radius 3 is 3.00 bits per heavy atom. The molecule has 0 spiro atoms. The number of hydrogen-bond acceptors (Lipinski definition) is 4. The van der Waals surface area contributed by atoms with Gasteiger partial charge in [0.05, 0.1) is 16.8 Å². The number of amides is 1. The SMILES string of the molecule is CN(C[C@H]1COc2ccccc2O1)C(=O)c1cc2sccc2[nH]1. The summed E-state index contributed by atoms with van der Waals surface area (Å²) in [5, 5.41) is 2.00. The molecule has 118 valence electrons. The summed E-state index contributed by atoms with van der Waals surface area (Å²) in [4.78, 5) is 17.4.